The van der Waals surface area contributed by atoms with E-state index in [1.807, 2.05) is 0 Å². The van der Waals surface area contributed by atoms with Gasteiger partial charge in [-0.15, -0.1) is 0 Å². The zero-order valence-corrected chi connectivity index (χ0v) is 10.2. The lowest BCUT2D eigenvalue weighted by atomic mass is 10.2. The molecule has 1 rings (SSSR count). The molecule has 1 aromatic carbocycles. The number of hydrogen-bond donors (Lipinski definition) is 2. The summed E-state index contributed by atoms with van der Waals surface area (Å²) in [7, 11) is 0. The van der Waals surface area contributed by atoms with Crippen LogP contribution in [0.15, 0.2) is 18.2 Å². The lowest BCUT2D eigenvalue weighted by Crippen LogP contribution is -2.08. The van der Waals surface area contributed by atoms with E-state index in [2.05, 4.69) is 11.4 Å². The lowest BCUT2D eigenvalue weighted by Gasteiger charge is -2.08. The van der Waals surface area contributed by atoms with Crippen molar-refractivity contribution in [2.24, 2.45) is 0 Å². The highest BCUT2D eigenvalue weighted by molar-refractivity contribution is 6.30. The highest BCUT2D eigenvalue weighted by Crippen LogP contribution is 2.19. The van der Waals surface area contributed by atoms with Gasteiger partial charge in [-0.05, 0) is 24.6 Å². The Morgan fingerprint density at radius 1 is 1.41 bits per heavy atom. The lowest BCUT2D eigenvalue weighted by molar-refractivity contribution is 0.0922. The van der Waals surface area contributed by atoms with Gasteiger partial charge in [-0.3, -0.25) is 0 Å². The van der Waals surface area contributed by atoms with Gasteiger partial charge in [-0.25, -0.2) is 0 Å². The van der Waals surface area contributed by atoms with Crippen molar-refractivity contribution in [1.82, 2.24) is 0 Å². The first kappa shape index (κ1) is 13.8. The van der Waals surface area contributed by atoms with Gasteiger partial charge in [-0.1, -0.05) is 11.6 Å². The second-order valence-corrected chi connectivity index (χ2v) is 3.85. The number of benzene rings is 1. The number of anilines is 1. The molecule has 0 atom stereocenters. The fraction of sp³-hybridized carbons (Fsp3) is 0.417. The minimum absolute atomic E-state index is 0.0448. The summed E-state index contributed by atoms with van der Waals surface area (Å²) in [5, 5.41) is 21.1. The zero-order chi connectivity index (χ0) is 12.5. The molecule has 5 heteroatoms. The molecule has 92 valence electrons. The van der Waals surface area contributed by atoms with Crippen molar-refractivity contribution >= 4 is 17.3 Å². The molecule has 0 fully saturated rings. The molecular weight excluding hydrogens is 240 g/mol. The van der Waals surface area contributed by atoms with Crippen molar-refractivity contribution in [2.75, 3.05) is 31.7 Å². The van der Waals surface area contributed by atoms with Crippen molar-refractivity contribution < 1.29 is 9.84 Å². The number of aliphatic hydroxyl groups excluding tert-OH is 1. The molecular formula is C12H15ClN2O2. The van der Waals surface area contributed by atoms with Gasteiger partial charge < -0.3 is 15.2 Å². The van der Waals surface area contributed by atoms with Crippen molar-refractivity contribution in [3.63, 3.8) is 0 Å². The molecule has 2 N–H and O–H groups in total. The summed E-state index contributed by atoms with van der Waals surface area (Å²) < 4.78 is 5.12. The molecule has 0 saturated carbocycles. The summed E-state index contributed by atoms with van der Waals surface area (Å²) in [4.78, 5) is 0. The molecule has 0 spiro atoms. The normalized spacial score (nSPS) is 9.94. The molecule has 4 nitrogen and oxygen atoms in total. The molecule has 0 bridgehead atoms. The third-order valence-electron chi connectivity index (χ3n) is 2.12. The second-order valence-electron chi connectivity index (χ2n) is 3.42. The topological polar surface area (TPSA) is 65.3 Å². The van der Waals surface area contributed by atoms with Gasteiger partial charge in [0.25, 0.3) is 0 Å². The van der Waals surface area contributed by atoms with E-state index >= 15 is 0 Å². The van der Waals surface area contributed by atoms with Crippen LogP contribution >= 0.6 is 11.6 Å². The van der Waals surface area contributed by atoms with E-state index in [0.29, 0.717) is 30.3 Å². The Bertz CT molecular complexity index is 391. The first-order chi connectivity index (χ1) is 8.27. The molecule has 0 unspecified atom stereocenters. The second kappa shape index (κ2) is 7.91. The average molecular weight is 255 g/mol. The van der Waals surface area contributed by atoms with Gasteiger partial charge in [0, 0.05) is 18.2 Å². The Morgan fingerprint density at radius 3 is 2.94 bits per heavy atom. The molecule has 0 aromatic heterocycles. The number of halogens is 1. The quantitative estimate of drug-likeness (QED) is 0.731. The van der Waals surface area contributed by atoms with Crippen LogP contribution < -0.4 is 5.32 Å². The fourth-order valence-corrected chi connectivity index (χ4v) is 1.50. The first-order valence-corrected chi connectivity index (χ1v) is 5.78. The van der Waals surface area contributed by atoms with Crippen LogP contribution in [0.5, 0.6) is 0 Å². The monoisotopic (exact) mass is 254 g/mol. The maximum atomic E-state index is 8.91. The van der Waals surface area contributed by atoms with Crippen LogP contribution in [0.4, 0.5) is 5.69 Å². The van der Waals surface area contributed by atoms with Crippen molar-refractivity contribution in [1.29, 1.82) is 5.26 Å². The van der Waals surface area contributed by atoms with Crippen LogP contribution in [0.25, 0.3) is 0 Å². The van der Waals surface area contributed by atoms with E-state index in [1.165, 1.54) is 0 Å². The Labute approximate surface area is 106 Å². The number of nitrogens with zero attached hydrogens (tertiary/aromatic N) is 1. The number of nitriles is 1. The van der Waals surface area contributed by atoms with Gasteiger partial charge in [-0.2, -0.15) is 5.26 Å². The molecule has 1 aromatic rings. The van der Waals surface area contributed by atoms with E-state index in [-0.39, 0.29) is 6.61 Å². The SMILES string of the molecule is N#Cc1cc(Cl)ccc1NCCCOCCO. The largest absolute Gasteiger partial charge is 0.394 e. The summed E-state index contributed by atoms with van der Waals surface area (Å²) in [5.74, 6) is 0. The van der Waals surface area contributed by atoms with Crippen molar-refractivity contribution in [3.8, 4) is 6.07 Å². The van der Waals surface area contributed by atoms with Crippen LogP contribution in [-0.2, 0) is 4.74 Å². The summed E-state index contributed by atoms with van der Waals surface area (Å²) in [5.41, 5.74) is 1.31. The summed E-state index contributed by atoms with van der Waals surface area (Å²) >= 11 is 5.79. The molecule has 0 aliphatic rings. The maximum Gasteiger partial charge on any atom is 0.101 e. The van der Waals surface area contributed by atoms with Crippen molar-refractivity contribution in [2.45, 2.75) is 6.42 Å². The van der Waals surface area contributed by atoms with Crippen LogP contribution in [0.1, 0.15) is 12.0 Å². The Hall–Kier alpha value is -1.28. The number of ether oxygens (including phenoxy) is 1. The smallest absolute Gasteiger partial charge is 0.101 e. The maximum absolute atomic E-state index is 8.91. The Kier molecular flexibility index (Phi) is 6.41. The summed E-state index contributed by atoms with van der Waals surface area (Å²) in [6, 6.07) is 7.25. The van der Waals surface area contributed by atoms with Gasteiger partial charge in [0.05, 0.1) is 24.5 Å². The predicted octanol–water partition coefficient (Wildman–Crippen LogP) is 2.02. The fourth-order valence-electron chi connectivity index (χ4n) is 1.33. The third kappa shape index (κ3) is 5.05. The van der Waals surface area contributed by atoms with Gasteiger partial charge in [0.15, 0.2) is 0 Å². The average Bonchev–Trinajstić information content (AvgIpc) is 2.35. The van der Waals surface area contributed by atoms with Crippen LogP contribution in [-0.4, -0.2) is 31.5 Å². The van der Waals surface area contributed by atoms with Gasteiger partial charge in [0.2, 0.25) is 0 Å². The van der Waals surface area contributed by atoms with E-state index in [9.17, 15) is 0 Å². The highest BCUT2D eigenvalue weighted by Gasteiger charge is 2.01. The first-order valence-electron chi connectivity index (χ1n) is 5.40. The number of rotatable bonds is 7. The summed E-state index contributed by atoms with van der Waals surface area (Å²) in [6.45, 7) is 1.71. The van der Waals surface area contributed by atoms with Crippen LogP contribution in [0.2, 0.25) is 5.02 Å². The van der Waals surface area contributed by atoms with E-state index in [1.54, 1.807) is 18.2 Å². The summed E-state index contributed by atoms with van der Waals surface area (Å²) in [6.07, 6.45) is 0.813. The molecule has 0 heterocycles. The van der Waals surface area contributed by atoms with Gasteiger partial charge >= 0.3 is 0 Å². The molecule has 0 aliphatic heterocycles. The Balaban J connectivity index is 2.34. The standard InChI is InChI=1S/C12H15ClN2O2/c13-11-2-3-12(10(8-11)9-14)15-4-1-6-17-7-5-16/h2-3,8,15-16H,1,4-7H2. The minimum Gasteiger partial charge on any atom is -0.394 e. The number of nitrogens with one attached hydrogen (secondary N) is 1. The van der Waals surface area contributed by atoms with Gasteiger partial charge in [0.1, 0.15) is 6.07 Å². The molecule has 0 amide bonds. The van der Waals surface area contributed by atoms with Crippen LogP contribution in [0.3, 0.4) is 0 Å². The molecule has 0 saturated heterocycles. The minimum atomic E-state index is 0.0448. The third-order valence-corrected chi connectivity index (χ3v) is 2.35. The number of aliphatic hydroxyl groups is 1. The van der Waals surface area contributed by atoms with Crippen LogP contribution in [0, 0.1) is 11.3 Å². The predicted molar refractivity (Wildman–Crippen MR) is 67.2 cm³/mol. The number of hydrogen-bond acceptors (Lipinski definition) is 4. The zero-order valence-electron chi connectivity index (χ0n) is 9.45. The van der Waals surface area contributed by atoms with E-state index in [0.717, 1.165) is 12.1 Å². The van der Waals surface area contributed by atoms with E-state index in [4.69, 9.17) is 26.7 Å². The molecule has 0 aliphatic carbocycles. The molecule has 0 radical (unpaired) electrons. The van der Waals surface area contributed by atoms with Crippen molar-refractivity contribution in [3.05, 3.63) is 28.8 Å². The van der Waals surface area contributed by atoms with E-state index < -0.39 is 0 Å². The highest BCUT2D eigenvalue weighted by atomic mass is 35.5. The molecule has 17 heavy (non-hydrogen) atoms. The Morgan fingerprint density at radius 2 is 2.24 bits per heavy atom.